The number of carbonyl (C=O) groups excluding carboxylic acids is 2. The molecule has 52 heavy (non-hydrogen) atoms. The molecule has 2 aliphatic heterocycles. The van der Waals surface area contributed by atoms with E-state index in [4.69, 9.17) is 9.47 Å². The van der Waals surface area contributed by atoms with E-state index >= 15 is 0 Å². The van der Waals surface area contributed by atoms with E-state index in [1.54, 1.807) is 13.8 Å². The predicted octanol–water partition coefficient (Wildman–Crippen LogP) is 6.19. The topological polar surface area (TPSA) is 99.5 Å². The van der Waals surface area contributed by atoms with Crippen LogP contribution in [0.4, 0.5) is 0 Å². The third-order valence-corrected chi connectivity index (χ3v) is 11.3. The summed E-state index contributed by atoms with van der Waals surface area (Å²) in [6, 6.07) is 38.5. The molecule has 2 N–H and O–H groups in total. The van der Waals surface area contributed by atoms with Crippen molar-refractivity contribution < 1.29 is 29.3 Å². The zero-order valence-corrected chi connectivity index (χ0v) is 29.7. The molecule has 0 amide bonds. The van der Waals surface area contributed by atoms with Gasteiger partial charge in [0.1, 0.15) is 0 Å². The molecule has 7 rings (SSSR count). The van der Waals surface area contributed by atoms with Crippen LogP contribution < -0.4 is 0 Å². The van der Waals surface area contributed by atoms with E-state index in [9.17, 15) is 19.8 Å². The Balaban J connectivity index is 1.56. The van der Waals surface area contributed by atoms with E-state index in [1.807, 2.05) is 134 Å². The first-order chi connectivity index (χ1) is 25.4. The highest BCUT2D eigenvalue weighted by Crippen LogP contribution is 2.74. The molecule has 3 aliphatic rings. The summed E-state index contributed by atoms with van der Waals surface area (Å²) in [6.07, 6.45) is 3.78. The van der Waals surface area contributed by atoms with Crippen molar-refractivity contribution in [2.45, 2.75) is 50.9 Å². The second-order valence-corrected chi connectivity index (χ2v) is 14.0. The van der Waals surface area contributed by atoms with E-state index in [2.05, 4.69) is 9.80 Å². The van der Waals surface area contributed by atoms with Crippen molar-refractivity contribution in [2.75, 3.05) is 26.4 Å². The molecule has 4 aromatic carbocycles. The molecule has 268 valence electrons. The quantitative estimate of drug-likeness (QED) is 0.169. The minimum absolute atomic E-state index is 0.192. The van der Waals surface area contributed by atoms with Crippen molar-refractivity contribution in [1.29, 1.82) is 0 Å². The number of esters is 2. The lowest BCUT2D eigenvalue weighted by Crippen LogP contribution is -2.86. The van der Waals surface area contributed by atoms with Crippen LogP contribution in [0, 0.1) is 10.8 Å². The zero-order chi connectivity index (χ0) is 36.3. The third kappa shape index (κ3) is 5.71. The van der Waals surface area contributed by atoms with Crippen molar-refractivity contribution in [1.82, 2.24) is 9.80 Å². The van der Waals surface area contributed by atoms with Gasteiger partial charge in [0, 0.05) is 48.2 Å². The van der Waals surface area contributed by atoms with Crippen LogP contribution in [0.15, 0.2) is 145 Å². The Kier molecular flexibility index (Phi) is 10.0. The molecule has 1 aliphatic carbocycles. The van der Waals surface area contributed by atoms with Gasteiger partial charge in [0.05, 0.1) is 49.7 Å². The zero-order valence-electron chi connectivity index (χ0n) is 29.7. The maximum absolute atomic E-state index is 14.2. The fourth-order valence-corrected chi connectivity index (χ4v) is 9.74. The van der Waals surface area contributed by atoms with Crippen molar-refractivity contribution in [3.63, 3.8) is 0 Å². The molecule has 2 heterocycles. The SMILES string of the molecule is CCOC(=O)C1=CN(Cc2ccccc2)C2C(CO)(C3N(Cc4ccccc4)C=C(C(=O)OCC)[C@@H](c4ccccc4)C23CO)[C@@H]1c1ccccc1. The van der Waals surface area contributed by atoms with Crippen molar-refractivity contribution in [2.24, 2.45) is 10.8 Å². The molecule has 1 saturated carbocycles. The lowest BCUT2D eigenvalue weighted by molar-refractivity contribution is -0.264. The summed E-state index contributed by atoms with van der Waals surface area (Å²) in [4.78, 5) is 32.6. The Morgan fingerprint density at radius 3 is 1.19 bits per heavy atom. The number of benzene rings is 4. The highest BCUT2D eigenvalue weighted by Gasteiger charge is 2.81. The second kappa shape index (κ2) is 14.8. The van der Waals surface area contributed by atoms with Gasteiger partial charge in [-0.05, 0) is 36.1 Å². The molecule has 1 fully saturated rings. The summed E-state index contributed by atoms with van der Waals surface area (Å²) in [6.45, 7) is 4.15. The first-order valence-corrected chi connectivity index (χ1v) is 18.1. The van der Waals surface area contributed by atoms with Crippen LogP contribution in [0.5, 0.6) is 0 Å². The van der Waals surface area contributed by atoms with Crippen LogP contribution >= 0.6 is 0 Å². The van der Waals surface area contributed by atoms with Gasteiger partial charge in [0.2, 0.25) is 0 Å². The first kappa shape index (κ1) is 35.2. The van der Waals surface area contributed by atoms with Crippen LogP contribution in [0.3, 0.4) is 0 Å². The third-order valence-electron chi connectivity index (χ3n) is 11.3. The Bertz CT molecular complexity index is 1760. The standard InChI is InChI=1S/C44H46N2O6/c1-3-51-39(49)35-27-45(25-31-17-9-5-10-18-31)41-43(29-47,37(35)33-21-13-7-14-22-33)42-44(41,30-48)38(34-23-15-8-16-24-34)36(40(50)52-4-2)28-46(42)26-32-19-11-6-12-20-32/h5-24,27-28,37-38,41-42,47-48H,3-4,25-26,29-30H2,1-2H3/t37-,38-,41?,42?,43?,44?/m1/s1. The monoisotopic (exact) mass is 698 g/mol. The molecule has 8 heteroatoms. The summed E-state index contributed by atoms with van der Waals surface area (Å²) in [5, 5.41) is 24.3. The summed E-state index contributed by atoms with van der Waals surface area (Å²) >= 11 is 0. The average molecular weight is 699 g/mol. The van der Waals surface area contributed by atoms with Crippen molar-refractivity contribution >= 4 is 11.9 Å². The molecule has 0 aromatic heterocycles. The van der Waals surface area contributed by atoms with E-state index in [1.165, 1.54) is 0 Å². The van der Waals surface area contributed by atoms with E-state index < -0.39 is 46.7 Å². The van der Waals surface area contributed by atoms with Crippen LogP contribution in [-0.2, 0) is 32.2 Å². The van der Waals surface area contributed by atoms with Gasteiger partial charge >= 0.3 is 11.9 Å². The van der Waals surface area contributed by atoms with E-state index in [-0.39, 0.29) is 26.4 Å². The van der Waals surface area contributed by atoms with Crippen LogP contribution in [0.25, 0.3) is 0 Å². The fourth-order valence-electron chi connectivity index (χ4n) is 9.74. The second-order valence-electron chi connectivity index (χ2n) is 14.0. The van der Waals surface area contributed by atoms with E-state index in [0.717, 1.165) is 22.3 Å². The molecule has 2 atom stereocenters. The highest BCUT2D eigenvalue weighted by molar-refractivity contribution is 5.92. The Morgan fingerprint density at radius 1 is 0.558 bits per heavy atom. The molecular weight excluding hydrogens is 652 g/mol. The van der Waals surface area contributed by atoms with Crippen LogP contribution in [0.2, 0.25) is 0 Å². The molecule has 0 unspecified atom stereocenters. The molecule has 4 aromatic rings. The van der Waals surface area contributed by atoms with Crippen LogP contribution in [-0.4, -0.2) is 70.5 Å². The minimum Gasteiger partial charge on any atom is -0.463 e. The predicted molar refractivity (Wildman–Crippen MR) is 198 cm³/mol. The molecule has 0 saturated heterocycles. The van der Waals surface area contributed by atoms with Gasteiger partial charge in [0.15, 0.2) is 0 Å². The molecular formula is C44H46N2O6. The molecule has 0 radical (unpaired) electrons. The number of aliphatic hydroxyl groups is 2. The summed E-state index contributed by atoms with van der Waals surface area (Å²) in [5.74, 6) is -2.11. The first-order valence-electron chi connectivity index (χ1n) is 18.1. The Morgan fingerprint density at radius 2 is 0.885 bits per heavy atom. The van der Waals surface area contributed by atoms with Gasteiger partial charge in [-0.3, -0.25) is 0 Å². The number of aliphatic hydroxyl groups excluding tert-OH is 2. The molecule has 0 bridgehead atoms. The summed E-state index contributed by atoms with van der Waals surface area (Å²) in [5.41, 5.74) is 2.51. The number of nitrogens with zero attached hydrogens (tertiary/aromatic N) is 2. The number of fused-ring (bicyclic) bond motifs is 4. The normalized spacial score (nSPS) is 26.2. The number of rotatable bonds is 12. The number of carbonyl (C=O) groups is 2. The number of ether oxygens (including phenoxy) is 2. The highest BCUT2D eigenvalue weighted by atomic mass is 16.5. The van der Waals surface area contributed by atoms with Crippen LogP contribution in [0.1, 0.15) is 47.9 Å². The van der Waals surface area contributed by atoms with Gasteiger partial charge in [-0.25, -0.2) is 9.59 Å². The van der Waals surface area contributed by atoms with E-state index in [0.29, 0.717) is 24.2 Å². The average Bonchev–Trinajstić information content (AvgIpc) is 3.17. The maximum atomic E-state index is 14.2. The van der Waals surface area contributed by atoms with Gasteiger partial charge in [-0.1, -0.05) is 121 Å². The minimum atomic E-state index is -1.05. The largest absolute Gasteiger partial charge is 0.463 e. The maximum Gasteiger partial charge on any atom is 0.336 e. The van der Waals surface area contributed by atoms with Gasteiger partial charge < -0.3 is 29.5 Å². The van der Waals surface area contributed by atoms with Gasteiger partial charge in [-0.15, -0.1) is 0 Å². The van der Waals surface area contributed by atoms with Gasteiger partial charge in [0.25, 0.3) is 0 Å². The Hall–Kier alpha value is -5.18. The Labute approximate surface area is 305 Å². The molecule has 8 nitrogen and oxygen atoms in total. The lowest BCUT2D eigenvalue weighted by atomic mass is 9.34. The summed E-state index contributed by atoms with van der Waals surface area (Å²) in [7, 11) is 0. The number of hydrogen-bond donors (Lipinski definition) is 2. The summed E-state index contributed by atoms with van der Waals surface area (Å²) < 4.78 is 11.5. The fraction of sp³-hybridized carbons (Fsp3) is 0.318. The van der Waals surface area contributed by atoms with Crippen molar-refractivity contribution in [3.8, 4) is 0 Å². The lowest BCUT2D eigenvalue weighted by Gasteiger charge is -2.78. The smallest absolute Gasteiger partial charge is 0.336 e. The van der Waals surface area contributed by atoms with Crippen molar-refractivity contribution in [3.05, 3.63) is 167 Å². The number of hydrogen-bond acceptors (Lipinski definition) is 8. The molecule has 0 spiro atoms. The van der Waals surface area contributed by atoms with Gasteiger partial charge in [-0.2, -0.15) is 0 Å².